The number of benzene rings is 1. The van der Waals surface area contributed by atoms with E-state index in [-0.39, 0.29) is 0 Å². The van der Waals surface area contributed by atoms with Gasteiger partial charge in [0.05, 0.1) is 6.26 Å². The Morgan fingerprint density at radius 1 is 1.00 bits per heavy atom. The summed E-state index contributed by atoms with van der Waals surface area (Å²) < 4.78 is 28.2. The number of hydrogen-bond donors (Lipinski definition) is 1. The van der Waals surface area contributed by atoms with Crippen LogP contribution in [-0.4, -0.2) is 25.6 Å². The van der Waals surface area contributed by atoms with E-state index in [1.807, 2.05) is 24.3 Å². The average molecular weight is 284 g/mol. The molecule has 0 radical (unpaired) electrons. The van der Waals surface area contributed by atoms with Crippen molar-refractivity contribution in [1.82, 2.24) is 0 Å². The van der Waals surface area contributed by atoms with E-state index in [2.05, 4.69) is 0 Å². The van der Waals surface area contributed by atoms with Crippen molar-refractivity contribution in [2.75, 3.05) is 6.26 Å². The normalized spacial score (nSPS) is 23.1. The minimum absolute atomic E-state index is 0.823. The molecule has 2 rings (SSSR count). The molecular formula is C14H20O4S. The van der Waals surface area contributed by atoms with Crippen molar-refractivity contribution < 1.29 is 17.7 Å². The molecule has 0 bridgehead atoms. The van der Waals surface area contributed by atoms with Crippen molar-refractivity contribution in [3.8, 4) is 0 Å². The van der Waals surface area contributed by atoms with E-state index in [1.54, 1.807) is 27.7 Å². The fourth-order valence-corrected chi connectivity index (χ4v) is 4.00. The molecule has 0 saturated heterocycles. The Hall–Kier alpha value is -0.910. The first-order valence-electron chi connectivity index (χ1n) is 6.16. The molecule has 0 atom stereocenters. The first kappa shape index (κ1) is 14.5. The first-order valence-corrected chi connectivity index (χ1v) is 7.98. The van der Waals surface area contributed by atoms with Gasteiger partial charge in [-0.3, -0.25) is 0 Å². The fourth-order valence-electron chi connectivity index (χ4n) is 3.15. The molecule has 1 aliphatic carbocycles. The van der Waals surface area contributed by atoms with Crippen molar-refractivity contribution >= 4 is 10.1 Å². The third-order valence-corrected chi connectivity index (χ3v) is 4.78. The second kappa shape index (κ2) is 3.81. The molecule has 4 nitrogen and oxygen atoms in total. The number of hydrogen-bond acceptors (Lipinski definition) is 4. The van der Waals surface area contributed by atoms with Gasteiger partial charge in [0.15, 0.2) is 0 Å². The van der Waals surface area contributed by atoms with E-state index in [0.29, 0.717) is 0 Å². The maximum absolute atomic E-state index is 11.5. The Labute approximate surface area is 114 Å². The molecule has 0 saturated carbocycles. The lowest BCUT2D eigenvalue weighted by molar-refractivity contribution is -0.211. The van der Waals surface area contributed by atoms with Crippen molar-refractivity contribution in [2.24, 2.45) is 0 Å². The van der Waals surface area contributed by atoms with Crippen LogP contribution in [0.3, 0.4) is 0 Å². The van der Waals surface area contributed by atoms with Gasteiger partial charge in [0.25, 0.3) is 10.1 Å². The van der Waals surface area contributed by atoms with Crippen LogP contribution in [0.2, 0.25) is 0 Å². The lowest BCUT2D eigenvalue weighted by atomic mass is 9.74. The molecule has 0 aliphatic heterocycles. The summed E-state index contributed by atoms with van der Waals surface area (Å²) in [5, 5.41) is 11.0. The Kier molecular flexibility index (Phi) is 2.91. The van der Waals surface area contributed by atoms with E-state index in [1.165, 1.54) is 0 Å². The maximum atomic E-state index is 11.5. The fraction of sp³-hybridized carbons (Fsp3) is 0.571. The molecule has 1 aromatic carbocycles. The number of rotatable bonds is 2. The molecule has 5 heteroatoms. The number of fused-ring (bicyclic) bond motifs is 1. The Morgan fingerprint density at radius 2 is 1.37 bits per heavy atom. The third-order valence-electron chi connectivity index (χ3n) is 4.24. The maximum Gasteiger partial charge on any atom is 0.267 e. The molecule has 1 aliphatic rings. The minimum Gasteiger partial charge on any atom is -0.363 e. The molecule has 0 heterocycles. The molecule has 1 N–H and O–H groups in total. The summed E-state index contributed by atoms with van der Waals surface area (Å²) in [5.74, 6) is -1.81. The molecule has 19 heavy (non-hydrogen) atoms. The first-order chi connectivity index (χ1) is 8.43. The molecule has 0 aromatic heterocycles. The largest absolute Gasteiger partial charge is 0.363 e. The molecule has 0 fully saturated rings. The van der Waals surface area contributed by atoms with Gasteiger partial charge in [-0.1, -0.05) is 52.0 Å². The second-order valence-electron chi connectivity index (χ2n) is 6.23. The monoisotopic (exact) mass is 284 g/mol. The predicted octanol–water partition coefficient (Wildman–Crippen LogP) is 1.92. The van der Waals surface area contributed by atoms with Gasteiger partial charge < -0.3 is 5.11 Å². The van der Waals surface area contributed by atoms with Crippen LogP contribution in [0.1, 0.15) is 38.8 Å². The quantitative estimate of drug-likeness (QED) is 0.665. The van der Waals surface area contributed by atoms with Gasteiger partial charge in [-0.2, -0.15) is 8.42 Å². The third kappa shape index (κ3) is 1.83. The topological polar surface area (TPSA) is 63.6 Å². The summed E-state index contributed by atoms with van der Waals surface area (Å²) in [6.45, 7) is 7.19. The lowest BCUT2D eigenvalue weighted by Crippen LogP contribution is -2.57. The van der Waals surface area contributed by atoms with Crippen LogP contribution in [0, 0.1) is 0 Å². The summed E-state index contributed by atoms with van der Waals surface area (Å²) >= 11 is 0. The van der Waals surface area contributed by atoms with Crippen LogP contribution in [-0.2, 0) is 25.1 Å². The number of aliphatic hydroxyl groups is 1. The predicted molar refractivity (Wildman–Crippen MR) is 73.4 cm³/mol. The zero-order valence-electron chi connectivity index (χ0n) is 11.9. The van der Waals surface area contributed by atoms with E-state index >= 15 is 0 Å². The van der Waals surface area contributed by atoms with Crippen molar-refractivity contribution in [3.05, 3.63) is 35.4 Å². The van der Waals surface area contributed by atoms with Gasteiger partial charge in [0.2, 0.25) is 5.79 Å². The zero-order chi connectivity index (χ0) is 14.7. The second-order valence-corrected chi connectivity index (χ2v) is 7.80. The standard InChI is InChI=1S/C14H20O4S/c1-12(2)10-8-6-7-9-11(10)13(3,4)14(12,15)18-19(5,16)17/h6-9,15H,1-5H3. The zero-order valence-corrected chi connectivity index (χ0v) is 12.7. The van der Waals surface area contributed by atoms with Crippen molar-refractivity contribution in [1.29, 1.82) is 0 Å². The molecular weight excluding hydrogens is 264 g/mol. The van der Waals surface area contributed by atoms with Crippen LogP contribution in [0.15, 0.2) is 24.3 Å². The van der Waals surface area contributed by atoms with E-state index in [9.17, 15) is 13.5 Å². The van der Waals surface area contributed by atoms with Crippen LogP contribution < -0.4 is 0 Å². The van der Waals surface area contributed by atoms with Crippen molar-refractivity contribution in [3.63, 3.8) is 0 Å². The summed E-state index contributed by atoms with van der Waals surface area (Å²) in [6, 6.07) is 7.56. The highest BCUT2D eigenvalue weighted by atomic mass is 32.2. The summed E-state index contributed by atoms with van der Waals surface area (Å²) in [6.07, 6.45) is 0.958. The summed E-state index contributed by atoms with van der Waals surface area (Å²) in [7, 11) is -3.78. The van der Waals surface area contributed by atoms with Crippen LogP contribution in [0.25, 0.3) is 0 Å². The van der Waals surface area contributed by atoms with Crippen molar-refractivity contribution in [2.45, 2.75) is 44.3 Å². The summed E-state index contributed by atoms with van der Waals surface area (Å²) in [4.78, 5) is 0. The van der Waals surface area contributed by atoms with Crippen LogP contribution in [0.4, 0.5) is 0 Å². The van der Waals surface area contributed by atoms with E-state index in [0.717, 1.165) is 17.4 Å². The molecule has 0 amide bonds. The van der Waals surface area contributed by atoms with Crippen LogP contribution in [0.5, 0.6) is 0 Å². The van der Waals surface area contributed by atoms with Crippen LogP contribution >= 0.6 is 0 Å². The Morgan fingerprint density at radius 3 is 1.68 bits per heavy atom. The average Bonchev–Trinajstić information content (AvgIpc) is 2.35. The minimum atomic E-state index is -3.78. The molecule has 1 aromatic rings. The smallest absolute Gasteiger partial charge is 0.267 e. The Bertz CT molecular complexity index is 579. The van der Waals surface area contributed by atoms with E-state index in [4.69, 9.17) is 4.18 Å². The highest BCUT2D eigenvalue weighted by Gasteiger charge is 2.64. The molecule has 106 valence electrons. The van der Waals surface area contributed by atoms with Gasteiger partial charge in [0, 0.05) is 10.8 Å². The van der Waals surface area contributed by atoms with Gasteiger partial charge in [-0.15, -0.1) is 0 Å². The molecule has 0 unspecified atom stereocenters. The Balaban J connectivity index is 2.72. The highest BCUT2D eigenvalue weighted by Crippen LogP contribution is 2.57. The van der Waals surface area contributed by atoms with Gasteiger partial charge in [-0.05, 0) is 11.1 Å². The summed E-state index contributed by atoms with van der Waals surface area (Å²) in [5.41, 5.74) is 0.170. The molecule has 0 spiro atoms. The highest BCUT2D eigenvalue weighted by molar-refractivity contribution is 7.86. The van der Waals surface area contributed by atoms with Gasteiger partial charge >= 0.3 is 0 Å². The van der Waals surface area contributed by atoms with Gasteiger partial charge in [0.1, 0.15) is 0 Å². The SMILES string of the molecule is CC1(C)c2ccccc2C(C)(C)C1(O)OS(C)(=O)=O. The van der Waals surface area contributed by atoms with Gasteiger partial charge in [-0.25, -0.2) is 4.18 Å². The lowest BCUT2D eigenvalue weighted by Gasteiger charge is -2.43. The van der Waals surface area contributed by atoms with E-state index < -0.39 is 26.7 Å².